The molecule has 0 N–H and O–H groups in total. The fourth-order valence-electron chi connectivity index (χ4n) is 8.21. The Labute approximate surface area is 273 Å². The molecular formula is C36H43F3N4O4. The first kappa shape index (κ1) is 32.0. The summed E-state index contributed by atoms with van der Waals surface area (Å²) in [5, 5.41) is 5.07. The van der Waals surface area contributed by atoms with Gasteiger partial charge in [0.25, 0.3) is 0 Å². The molecule has 1 aromatic heterocycles. The van der Waals surface area contributed by atoms with Crippen LogP contribution in [0, 0.1) is 29.3 Å². The highest BCUT2D eigenvalue weighted by atomic mass is 19.1. The molecule has 8 nitrogen and oxygen atoms in total. The van der Waals surface area contributed by atoms with E-state index in [1.54, 1.807) is 6.07 Å². The zero-order valence-electron chi connectivity index (χ0n) is 27.0. The van der Waals surface area contributed by atoms with E-state index in [-0.39, 0.29) is 41.8 Å². The average Bonchev–Trinajstić information content (AvgIpc) is 3.63. The van der Waals surface area contributed by atoms with Crippen LogP contribution >= 0.6 is 0 Å². The van der Waals surface area contributed by atoms with Gasteiger partial charge in [-0.15, -0.1) is 0 Å². The van der Waals surface area contributed by atoms with Crippen LogP contribution in [0.4, 0.5) is 18.0 Å². The van der Waals surface area contributed by atoms with E-state index >= 15 is 0 Å². The number of halogens is 3. The van der Waals surface area contributed by atoms with Gasteiger partial charge in [0.2, 0.25) is 5.91 Å². The van der Waals surface area contributed by atoms with Gasteiger partial charge in [-0.2, -0.15) is 0 Å². The van der Waals surface area contributed by atoms with Crippen LogP contribution in [0.15, 0.2) is 34.9 Å². The number of fused-ring (bicyclic) bond motifs is 1. The molecule has 2 amide bonds. The second-order valence-electron chi connectivity index (χ2n) is 14.1. The van der Waals surface area contributed by atoms with Gasteiger partial charge in [0.15, 0.2) is 5.58 Å². The Balaban J connectivity index is 0.854. The van der Waals surface area contributed by atoms with Gasteiger partial charge in [0.1, 0.15) is 23.1 Å². The van der Waals surface area contributed by atoms with E-state index in [4.69, 9.17) is 9.26 Å². The van der Waals surface area contributed by atoms with Crippen LogP contribution in [0.2, 0.25) is 0 Å². The molecule has 0 bridgehead atoms. The van der Waals surface area contributed by atoms with Crippen molar-refractivity contribution < 1.29 is 32.0 Å². The molecule has 1 aliphatic carbocycles. The molecule has 2 aromatic carbocycles. The summed E-state index contributed by atoms with van der Waals surface area (Å²) in [6.45, 7) is 5.81. The maximum atomic E-state index is 14.6. The van der Waals surface area contributed by atoms with Crippen molar-refractivity contribution in [3.8, 4) is 0 Å². The van der Waals surface area contributed by atoms with Crippen LogP contribution in [-0.2, 0) is 22.5 Å². The first-order valence-corrected chi connectivity index (χ1v) is 17.2. The number of aromatic nitrogens is 1. The van der Waals surface area contributed by atoms with Crippen LogP contribution in [0.1, 0.15) is 81.0 Å². The van der Waals surface area contributed by atoms with E-state index in [1.807, 2.05) is 21.6 Å². The number of hydrogen-bond donors (Lipinski definition) is 0. The van der Waals surface area contributed by atoms with Crippen LogP contribution in [0.25, 0.3) is 11.0 Å². The fraction of sp³-hybridized carbons (Fsp3) is 0.583. The van der Waals surface area contributed by atoms with E-state index in [0.29, 0.717) is 75.6 Å². The number of benzene rings is 2. The molecule has 252 valence electrons. The van der Waals surface area contributed by atoms with Gasteiger partial charge in [-0.3, -0.25) is 9.69 Å². The number of rotatable bonds is 7. The van der Waals surface area contributed by atoms with Crippen molar-refractivity contribution in [1.82, 2.24) is 19.9 Å². The normalized spacial score (nSPS) is 24.0. The summed E-state index contributed by atoms with van der Waals surface area (Å²) in [5.74, 6) is -0.610. The molecule has 11 heteroatoms. The topological polar surface area (TPSA) is 79.1 Å². The lowest BCUT2D eigenvalue weighted by Gasteiger charge is -2.38. The Hall–Kier alpha value is -3.60. The van der Waals surface area contributed by atoms with Crippen molar-refractivity contribution in [2.75, 3.05) is 39.3 Å². The number of carbonyl (C=O) groups excluding carboxylic acids is 2. The second-order valence-corrected chi connectivity index (χ2v) is 14.1. The third kappa shape index (κ3) is 6.60. The smallest absolute Gasteiger partial charge is 0.410 e. The van der Waals surface area contributed by atoms with Crippen LogP contribution in [-0.4, -0.2) is 76.7 Å². The maximum absolute atomic E-state index is 14.6. The molecule has 4 heterocycles. The average molecular weight is 653 g/mol. The van der Waals surface area contributed by atoms with E-state index in [0.717, 1.165) is 49.6 Å². The summed E-state index contributed by atoms with van der Waals surface area (Å²) in [4.78, 5) is 32.2. The lowest BCUT2D eigenvalue weighted by atomic mass is 9.80. The number of nitrogens with zero attached hydrogens (tertiary/aromatic N) is 4. The van der Waals surface area contributed by atoms with Crippen molar-refractivity contribution in [3.05, 3.63) is 64.6 Å². The molecule has 7 rings (SSSR count). The lowest BCUT2D eigenvalue weighted by molar-refractivity contribution is -0.138. The summed E-state index contributed by atoms with van der Waals surface area (Å²) >= 11 is 0. The molecule has 0 radical (unpaired) electrons. The third-order valence-electron chi connectivity index (χ3n) is 11.1. The number of carbonyl (C=O) groups is 2. The van der Waals surface area contributed by atoms with Gasteiger partial charge >= 0.3 is 6.09 Å². The summed E-state index contributed by atoms with van der Waals surface area (Å²) in [6, 6.07) is 7.34. The number of ether oxygens (including phenoxy) is 1. The summed E-state index contributed by atoms with van der Waals surface area (Å²) < 4.78 is 54.0. The predicted molar refractivity (Wildman–Crippen MR) is 169 cm³/mol. The van der Waals surface area contributed by atoms with E-state index in [1.165, 1.54) is 24.3 Å². The number of piperidine rings is 2. The zero-order valence-corrected chi connectivity index (χ0v) is 27.0. The summed E-state index contributed by atoms with van der Waals surface area (Å²) in [7, 11) is 0. The van der Waals surface area contributed by atoms with Gasteiger partial charge in [-0.1, -0.05) is 12.1 Å². The van der Waals surface area contributed by atoms with E-state index in [9.17, 15) is 22.8 Å². The predicted octanol–water partition coefficient (Wildman–Crippen LogP) is 6.81. The number of likely N-dealkylation sites (tertiary alicyclic amines) is 2. The van der Waals surface area contributed by atoms with Crippen molar-refractivity contribution in [2.45, 2.75) is 82.8 Å². The molecular weight excluding hydrogens is 609 g/mol. The van der Waals surface area contributed by atoms with Gasteiger partial charge in [-0.05, 0) is 80.7 Å². The van der Waals surface area contributed by atoms with Gasteiger partial charge in [-0.25, -0.2) is 18.0 Å². The fourth-order valence-corrected chi connectivity index (χ4v) is 8.21. The molecule has 1 spiro atoms. The molecule has 3 saturated heterocycles. The first-order valence-electron chi connectivity index (χ1n) is 17.2. The number of aryl methyl sites for hydroxylation is 1. The second kappa shape index (κ2) is 13.1. The number of hydrogen-bond acceptors (Lipinski definition) is 6. The van der Waals surface area contributed by atoms with Gasteiger partial charge < -0.3 is 19.1 Å². The molecule has 0 atom stereocenters. The number of amides is 2. The van der Waals surface area contributed by atoms with Crippen LogP contribution in [0.5, 0.6) is 0 Å². The molecule has 47 heavy (non-hydrogen) atoms. The largest absolute Gasteiger partial charge is 0.441 e. The van der Waals surface area contributed by atoms with Gasteiger partial charge in [0.05, 0.1) is 12.2 Å². The van der Waals surface area contributed by atoms with Crippen molar-refractivity contribution in [1.29, 1.82) is 0 Å². The highest BCUT2D eigenvalue weighted by Gasteiger charge is 2.47. The van der Waals surface area contributed by atoms with Crippen molar-refractivity contribution in [2.24, 2.45) is 11.8 Å². The molecule has 0 unspecified atom stereocenters. The zero-order chi connectivity index (χ0) is 32.7. The summed E-state index contributed by atoms with van der Waals surface area (Å²) in [6.07, 6.45) is 6.60. The minimum Gasteiger partial charge on any atom is -0.441 e. The third-order valence-corrected chi connectivity index (χ3v) is 11.1. The molecule has 3 aromatic rings. The Morgan fingerprint density at radius 2 is 1.66 bits per heavy atom. The quantitative estimate of drug-likeness (QED) is 0.279. The molecule has 1 saturated carbocycles. The van der Waals surface area contributed by atoms with Gasteiger partial charge in [0, 0.05) is 81.0 Å². The van der Waals surface area contributed by atoms with E-state index in [2.05, 4.69) is 5.16 Å². The first-order chi connectivity index (χ1) is 22.7. The van der Waals surface area contributed by atoms with Crippen molar-refractivity contribution >= 4 is 23.0 Å². The lowest BCUT2D eigenvalue weighted by Crippen LogP contribution is -2.47. The minimum atomic E-state index is -0.551. The minimum absolute atomic E-state index is 0.00713. The Morgan fingerprint density at radius 3 is 2.34 bits per heavy atom. The van der Waals surface area contributed by atoms with Crippen LogP contribution < -0.4 is 0 Å². The highest BCUT2D eigenvalue weighted by molar-refractivity contribution is 5.81. The standard InChI is InChI=1S/C36H43F3N4O4/c1-2-23-17-30(38)29(31(39)18-23)21-41-15-11-36(12-16-41)22-43(35(45)46-36)20-24-3-5-26(6-4-24)34(44)42-13-9-25(10-14-42)33-28-8-7-27(37)19-32(28)47-40-33/h7-8,17-19,24-26H,2-6,9-16,20-22H2,1H3. The Kier molecular flexibility index (Phi) is 8.93. The van der Waals surface area contributed by atoms with E-state index < -0.39 is 17.2 Å². The summed E-state index contributed by atoms with van der Waals surface area (Å²) in [5.41, 5.74) is 1.50. The molecule has 4 fully saturated rings. The monoisotopic (exact) mass is 652 g/mol. The molecule has 4 aliphatic rings. The SMILES string of the molecule is CCc1cc(F)c(CN2CCC3(CC2)CN(CC2CCC(C(=O)N4CCC(c5noc6cc(F)ccc56)CC4)CC2)C(=O)O3)c(F)c1. The van der Waals surface area contributed by atoms with Crippen molar-refractivity contribution in [3.63, 3.8) is 0 Å². The Bertz CT molecular complexity index is 1600. The van der Waals surface area contributed by atoms with Crippen LogP contribution in [0.3, 0.4) is 0 Å². The Morgan fingerprint density at radius 1 is 0.957 bits per heavy atom. The highest BCUT2D eigenvalue weighted by Crippen LogP contribution is 2.38. The molecule has 3 aliphatic heterocycles. The maximum Gasteiger partial charge on any atom is 0.410 e.